The quantitative estimate of drug-likeness (QED) is 0.824. The highest BCUT2D eigenvalue weighted by molar-refractivity contribution is 5.92. The summed E-state index contributed by atoms with van der Waals surface area (Å²) in [7, 11) is 0. The first-order valence-corrected chi connectivity index (χ1v) is 7.29. The molecule has 0 saturated carbocycles. The molecule has 0 spiro atoms. The molecule has 1 amide bonds. The predicted octanol–water partition coefficient (Wildman–Crippen LogP) is 2.41. The van der Waals surface area contributed by atoms with Crippen LogP contribution in [0.3, 0.4) is 0 Å². The number of rotatable bonds is 7. The molecule has 6 heteroatoms. The van der Waals surface area contributed by atoms with Crippen LogP contribution in [-0.4, -0.2) is 29.2 Å². The number of hydrogen-bond acceptors (Lipinski definition) is 4. The number of carbonyl (C=O) groups excluding carboxylic acids is 1. The van der Waals surface area contributed by atoms with Crippen molar-refractivity contribution < 1.29 is 9.18 Å². The maximum atomic E-state index is 12.8. The molecule has 5 nitrogen and oxygen atoms in total. The van der Waals surface area contributed by atoms with E-state index in [1.54, 1.807) is 24.3 Å². The molecule has 1 aromatic carbocycles. The minimum absolute atomic E-state index is 0.216. The number of amides is 1. The zero-order chi connectivity index (χ0) is 15.8. The smallest absolute Gasteiger partial charge is 0.271 e. The van der Waals surface area contributed by atoms with Crippen molar-refractivity contribution in [2.45, 2.75) is 19.8 Å². The van der Waals surface area contributed by atoms with E-state index in [-0.39, 0.29) is 11.7 Å². The molecule has 2 N–H and O–H groups in total. The van der Waals surface area contributed by atoms with Crippen LogP contribution >= 0.6 is 0 Å². The van der Waals surface area contributed by atoms with E-state index in [1.165, 1.54) is 12.1 Å². The topological polar surface area (TPSA) is 66.9 Å². The molecule has 1 aromatic heterocycles. The van der Waals surface area contributed by atoms with E-state index in [4.69, 9.17) is 0 Å². The Hall–Kier alpha value is -2.50. The minimum atomic E-state index is -0.237. The first-order chi connectivity index (χ1) is 10.7. The molecule has 0 aliphatic heterocycles. The summed E-state index contributed by atoms with van der Waals surface area (Å²) in [5.74, 6) is 0.154. The summed E-state index contributed by atoms with van der Waals surface area (Å²) in [6, 6.07) is 9.75. The normalized spacial score (nSPS) is 10.3. The average Bonchev–Trinajstić information content (AvgIpc) is 2.55. The summed E-state index contributed by atoms with van der Waals surface area (Å²) < 4.78 is 12.8. The van der Waals surface area contributed by atoms with Crippen LogP contribution < -0.4 is 10.6 Å². The standard InChI is InChI=1S/C16H19FN4O/c1-2-10-19-16(22)14-7-8-15(21-20-14)18-11-9-12-3-5-13(17)6-4-12/h3-8H,2,9-11H2,1H3,(H,18,21)(H,19,22). The lowest BCUT2D eigenvalue weighted by atomic mass is 10.1. The third kappa shape index (κ3) is 4.80. The fourth-order valence-electron chi connectivity index (χ4n) is 1.86. The largest absolute Gasteiger partial charge is 0.368 e. The van der Waals surface area contributed by atoms with Crippen molar-refractivity contribution in [3.8, 4) is 0 Å². The van der Waals surface area contributed by atoms with Gasteiger partial charge in [-0.3, -0.25) is 4.79 Å². The van der Waals surface area contributed by atoms with Crippen LogP contribution in [0, 0.1) is 5.82 Å². The van der Waals surface area contributed by atoms with Crippen molar-refractivity contribution in [2.24, 2.45) is 0 Å². The molecule has 0 unspecified atom stereocenters. The Bertz CT molecular complexity index is 599. The minimum Gasteiger partial charge on any atom is -0.368 e. The molecule has 0 aliphatic rings. The molecular formula is C16H19FN4O. The molecule has 0 radical (unpaired) electrons. The maximum absolute atomic E-state index is 12.8. The zero-order valence-electron chi connectivity index (χ0n) is 12.5. The lowest BCUT2D eigenvalue weighted by Crippen LogP contribution is -2.25. The Labute approximate surface area is 129 Å². The van der Waals surface area contributed by atoms with E-state index in [9.17, 15) is 9.18 Å². The first-order valence-electron chi connectivity index (χ1n) is 7.29. The van der Waals surface area contributed by atoms with Crippen molar-refractivity contribution in [3.63, 3.8) is 0 Å². The molecule has 2 rings (SSSR count). The SMILES string of the molecule is CCCNC(=O)c1ccc(NCCc2ccc(F)cc2)nn1. The predicted molar refractivity (Wildman–Crippen MR) is 83.2 cm³/mol. The van der Waals surface area contributed by atoms with E-state index in [0.717, 1.165) is 18.4 Å². The summed E-state index contributed by atoms with van der Waals surface area (Å²) in [4.78, 5) is 11.7. The molecular weight excluding hydrogens is 283 g/mol. The van der Waals surface area contributed by atoms with Gasteiger partial charge in [0.05, 0.1) is 0 Å². The fourth-order valence-corrected chi connectivity index (χ4v) is 1.86. The number of halogens is 1. The Morgan fingerprint density at radius 2 is 1.86 bits per heavy atom. The van der Waals surface area contributed by atoms with Crippen LogP contribution in [0.2, 0.25) is 0 Å². The summed E-state index contributed by atoms with van der Waals surface area (Å²) in [5, 5.41) is 13.7. The highest BCUT2D eigenvalue weighted by Crippen LogP contribution is 2.05. The summed E-state index contributed by atoms with van der Waals surface area (Å²) in [6.07, 6.45) is 1.63. The van der Waals surface area contributed by atoms with Crippen LogP contribution in [0.4, 0.5) is 10.2 Å². The lowest BCUT2D eigenvalue weighted by Gasteiger charge is -2.06. The van der Waals surface area contributed by atoms with Gasteiger partial charge >= 0.3 is 0 Å². The van der Waals surface area contributed by atoms with E-state index in [2.05, 4.69) is 20.8 Å². The van der Waals surface area contributed by atoms with Crippen LogP contribution in [0.15, 0.2) is 36.4 Å². The van der Waals surface area contributed by atoms with Crippen molar-refractivity contribution in [2.75, 3.05) is 18.4 Å². The third-order valence-electron chi connectivity index (χ3n) is 3.07. The van der Waals surface area contributed by atoms with Crippen molar-refractivity contribution in [3.05, 3.63) is 53.5 Å². The van der Waals surface area contributed by atoms with E-state index in [1.807, 2.05) is 6.92 Å². The Morgan fingerprint density at radius 3 is 2.50 bits per heavy atom. The van der Waals surface area contributed by atoms with Gasteiger partial charge < -0.3 is 10.6 Å². The number of benzene rings is 1. The van der Waals surface area contributed by atoms with E-state index in [0.29, 0.717) is 24.6 Å². The fraction of sp³-hybridized carbons (Fsp3) is 0.312. The molecule has 0 saturated heterocycles. The number of nitrogens with one attached hydrogen (secondary N) is 2. The molecule has 0 fully saturated rings. The average molecular weight is 302 g/mol. The monoisotopic (exact) mass is 302 g/mol. The van der Waals surface area contributed by atoms with Gasteiger partial charge in [0.15, 0.2) is 5.69 Å². The van der Waals surface area contributed by atoms with Crippen LogP contribution in [0.1, 0.15) is 29.4 Å². The second-order valence-electron chi connectivity index (χ2n) is 4.86. The molecule has 22 heavy (non-hydrogen) atoms. The number of hydrogen-bond donors (Lipinski definition) is 2. The summed E-state index contributed by atoms with van der Waals surface area (Å²) in [5.41, 5.74) is 1.34. The van der Waals surface area contributed by atoms with Gasteiger partial charge in [-0.15, -0.1) is 10.2 Å². The van der Waals surface area contributed by atoms with Crippen LogP contribution in [0.25, 0.3) is 0 Å². The van der Waals surface area contributed by atoms with Gasteiger partial charge in [-0.05, 0) is 42.7 Å². The Kier molecular flexibility index (Phi) is 5.82. The van der Waals surface area contributed by atoms with Gasteiger partial charge in [0.1, 0.15) is 11.6 Å². The van der Waals surface area contributed by atoms with Crippen molar-refractivity contribution >= 4 is 11.7 Å². The maximum Gasteiger partial charge on any atom is 0.271 e. The first kappa shape index (κ1) is 15.9. The van der Waals surface area contributed by atoms with Crippen molar-refractivity contribution in [1.82, 2.24) is 15.5 Å². The molecule has 1 heterocycles. The number of anilines is 1. The van der Waals surface area contributed by atoms with Gasteiger partial charge in [0, 0.05) is 13.1 Å². The lowest BCUT2D eigenvalue weighted by molar-refractivity contribution is 0.0947. The third-order valence-corrected chi connectivity index (χ3v) is 3.07. The number of carbonyl (C=O) groups is 1. The molecule has 0 bridgehead atoms. The zero-order valence-corrected chi connectivity index (χ0v) is 12.5. The van der Waals surface area contributed by atoms with Crippen molar-refractivity contribution in [1.29, 1.82) is 0 Å². The second-order valence-corrected chi connectivity index (χ2v) is 4.86. The summed E-state index contributed by atoms with van der Waals surface area (Å²) in [6.45, 7) is 3.26. The second kappa shape index (κ2) is 8.07. The summed E-state index contributed by atoms with van der Waals surface area (Å²) >= 11 is 0. The molecule has 0 atom stereocenters. The van der Waals surface area contributed by atoms with Gasteiger partial charge in [0.25, 0.3) is 5.91 Å². The molecule has 116 valence electrons. The number of aromatic nitrogens is 2. The number of nitrogens with zero attached hydrogens (tertiary/aromatic N) is 2. The van der Waals surface area contributed by atoms with Gasteiger partial charge in [-0.1, -0.05) is 19.1 Å². The van der Waals surface area contributed by atoms with E-state index < -0.39 is 0 Å². The Morgan fingerprint density at radius 1 is 1.09 bits per heavy atom. The molecule has 0 aliphatic carbocycles. The highest BCUT2D eigenvalue weighted by atomic mass is 19.1. The Balaban J connectivity index is 1.81. The van der Waals surface area contributed by atoms with Gasteiger partial charge in [-0.2, -0.15) is 0 Å². The van der Waals surface area contributed by atoms with Crippen LogP contribution in [-0.2, 0) is 6.42 Å². The van der Waals surface area contributed by atoms with E-state index >= 15 is 0 Å². The molecule has 2 aromatic rings. The van der Waals surface area contributed by atoms with Crippen LogP contribution in [0.5, 0.6) is 0 Å². The van der Waals surface area contributed by atoms with Gasteiger partial charge in [-0.25, -0.2) is 4.39 Å². The highest BCUT2D eigenvalue weighted by Gasteiger charge is 2.06. The van der Waals surface area contributed by atoms with Gasteiger partial charge in [0.2, 0.25) is 0 Å².